The van der Waals surface area contributed by atoms with Crippen LogP contribution in [0.2, 0.25) is 0 Å². The third-order valence-electron chi connectivity index (χ3n) is 4.44. The molecule has 0 spiro atoms. The number of hydrogen-bond acceptors (Lipinski definition) is 5. The summed E-state index contributed by atoms with van der Waals surface area (Å²) in [6, 6.07) is 8.88. The number of fused-ring (bicyclic) bond motifs is 1. The van der Waals surface area contributed by atoms with E-state index >= 15 is 0 Å². The Balaban J connectivity index is 1.71. The second-order valence-electron chi connectivity index (χ2n) is 6.73. The van der Waals surface area contributed by atoms with Gasteiger partial charge in [0.25, 0.3) is 0 Å². The number of ketones is 1. The Bertz CT molecular complexity index is 928. The fourth-order valence-electron chi connectivity index (χ4n) is 3.24. The van der Waals surface area contributed by atoms with Gasteiger partial charge in [0.05, 0.1) is 16.5 Å². The lowest BCUT2D eigenvalue weighted by Crippen LogP contribution is -2.26. The van der Waals surface area contributed by atoms with E-state index in [1.165, 1.54) is 11.8 Å². The van der Waals surface area contributed by atoms with Crippen LogP contribution in [0.3, 0.4) is 0 Å². The Morgan fingerprint density at radius 1 is 1.11 bits per heavy atom. The van der Waals surface area contributed by atoms with E-state index in [1.807, 2.05) is 39.8 Å². The maximum Gasteiger partial charge on any atom is 0.338 e. The van der Waals surface area contributed by atoms with E-state index in [1.54, 1.807) is 18.2 Å². The van der Waals surface area contributed by atoms with Gasteiger partial charge < -0.3 is 10.1 Å². The maximum absolute atomic E-state index is 12.5. The molecule has 140 valence electrons. The van der Waals surface area contributed by atoms with Crippen molar-refractivity contribution in [2.24, 2.45) is 0 Å². The highest BCUT2D eigenvalue weighted by molar-refractivity contribution is 8.00. The zero-order valence-corrected chi connectivity index (χ0v) is 16.5. The van der Waals surface area contributed by atoms with Crippen molar-refractivity contribution in [3.05, 3.63) is 58.1 Å². The third-order valence-corrected chi connectivity index (χ3v) is 5.61. The SMILES string of the molecule is Cc1cc(C)c(C(=O)COC(=O)c2ccc3c(c2)NC(=O)C(C)S3)c(C)c1. The quantitative estimate of drug-likeness (QED) is 0.636. The predicted molar refractivity (Wildman–Crippen MR) is 106 cm³/mol. The highest BCUT2D eigenvalue weighted by Gasteiger charge is 2.24. The van der Waals surface area contributed by atoms with Crippen molar-refractivity contribution >= 4 is 35.1 Å². The number of carbonyl (C=O) groups is 3. The normalized spacial score (nSPS) is 15.7. The maximum atomic E-state index is 12.5. The van der Waals surface area contributed by atoms with Gasteiger partial charge in [-0.15, -0.1) is 11.8 Å². The summed E-state index contributed by atoms with van der Waals surface area (Å²) in [4.78, 5) is 37.6. The summed E-state index contributed by atoms with van der Waals surface area (Å²) >= 11 is 1.44. The van der Waals surface area contributed by atoms with E-state index in [-0.39, 0.29) is 23.5 Å². The minimum atomic E-state index is -0.591. The number of hydrogen-bond donors (Lipinski definition) is 1. The van der Waals surface area contributed by atoms with E-state index in [4.69, 9.17) is 4.74 Å². The molecule has 5 nitrogen and oxygen atoms in total. The van der Waals surface area contributed by atoms with Gasteiger partial charge in [0, 0.05) is 10.5 Å². The number of carbonyl (C=O) groups excluding carboxylic acids is 3. The fraction of sp³-hybridized carbons (Fsp3) is 0.286. The Morgan fingerprint density at radius 3 is 2.44 bits per heavy atom. The molecule has 3 rings (SSSR count). The minimum absolute atomic E-state index is 0.0986. The number of anilines is 1. The summed E-state index contributed by atoms with van der Waals surface area (Å²) < 4.78 is 5.22. The smallest absolute Gasteiger partial charge is 0.338 e. The number of rotatable bonds is 4. The number of nitrogens with one attached hydrogen (secondary N) is 1. The van der Waals surface area contributed by atoms with Crippen LogP contribution in [0.5, 0.6) is 0 Å². The molecule has 6 heteroatoms. The van der Waals surface area contributed by atoms with Crippen molar-refractivity contribution in [3.8, 4) is 0 Å². The van der Waals surface area contributed by atoms with Crippen LogP contribution in [0.15, 0.2) is 35.2 Å². The average Bonchev–Trinajstić information content (AvgIpc) is 2.59. The van der Waals surface area contributed by atoms with Crippen LogP contribution < -0.4 is 5.32 Å². The van der Waals surface area contributed by atoms with Crippen LogP contribution in [0.4, 0.5) is 5.69 Å². The Hall–Kier alpha value is -2.60. The van der Waals surface area contributed by atoms with Gasteiger partial charge in [-0.3, -0.25) is 9.59 Å². The lowest BCUT2D eigenvalue weighted by molar-refractivity contribution is -0.115. The van der Waals surface area contributed by atoms with E-state index < -0.39 is 5.97 Å². The van der Waals surface area contributed by atoms with E-state index in [9.17, 15) is 14.4 Å². The molecular weight excluding hydrogens is 362 g/mol. The lowest BCUT2D eigenvalue weighted by atomic mass is 9.97. The number of amides is 1. The molecule has 0 bridgehead atoms. The molecular formula is C21H21NO4S. The van der Waals surface area contributed by atoms with Crippen LogP contribution in [0.1, 0.15) is 44.3 Å². The lowest BCUT2D eigenvalue weighted by Gasteiger charge is -2.21. The Morgan fingerprint density at radius 2 is 1.78 bits per heavy atom. The van der Waals surface area contributed by atoms with Gasteiger partial charge in [0.15, 0.2) is 6.61 Å². The molecule has 1 aliphatic heterocycles. The van der Waals surface area contributed by atoms with Crippen LogP contribution in [0.25, 0.3) is 0 Å². The molecule has 1 amide bonds. The number of Topliss-reactive ketones (excluding diaryl/α,β-unsaturated/α-hetero) is 1. The molecule has 1 aliphatic rings. The molecule has 2 aromatic carbocycles. The topological polar surface area (TPSA) is 72.5 Å². The first-order valence-electron chi connectivity index (χ1n) is 8.66. The van der Waals surface area contributed by atoms with Crippen molar-refractivity contribution in [1.82, 2.24) is 0 Å². The number of thioether (sulfide) groups is 1. The molecule has 1 atom stereocenters. The summed E-state index contributed by atoms with van der Waals surface area (Å²) in [6.45, 7) is 7.23. The standard InChI is InChI=1S/C21H21NO4S/c1-11-7-12(2)19(13(3)8-11)17(23)10-26-21(25)15-5-6-18-16(9-15)22-20(24)14(4)27-18/h5-9,14H,10H2,1-4H3,(H,22,24). The number of esters is 1. The van der Waals surface area contributed by atoms with Crippen molar-refractivity contribution in [2.75, 3.05) is 11.9 Å². The molecule has 27 heavy (non-hydrogen) atoms. The van der Waals surface area contributed by atoms with Crippen molar-refractivity contribution < 1.29 is 19.1 Å². The summed E-state index contributed by atoms with van der Waals surface area (Å²) in [5, 5.41) is 2.61. The highest BCUT2D eigenvalue weighted by atomic mass is 32.2. The molecule has 1 unspecified atom stereocenters. The van der Waals surface area contributed by atoms with Crippen molar-refractivity contribution in [2.45, 2.75) is 37.8 Å². The van der Waals surface area contributed by atoms with Gasteiger partial charge in [0.1, 0.15) is 0 Å². The second-order valence-corrected chi connectivity index (χ2v) is 8.12. The molecule has 1 heterocycles. The molecule has 0 aromatic heterocycles. The summed E-state index contributed by atoms with van der Waals surface area (Å²) in [5.74, 6) is -0.918. The summed E-state index contributed by atoms with van der Waals surface area (Å²) in [5.41, 5.74) is 4.31. The average molecular weight is 383 g/mol. The Labute approximate surface area is 162 Å². The molecule has 0 fully saturated rings. The van der Waals surface area contributed by atoms with E-state index in [0.29, 0.717) is 16.8 Å². The highest BCUT2D eigenvalue weighted by Crippen LogP contribution is 2.36. The van der Waals surface area contributed by atoms with Crippen LogP contribution in [-0.2, 0) is 9.53 Å². The van der Waals surface area contributed by atoms with Crippen LogP contribution >= 0.6 is 11.8 Å². The van der Waals surface area contributed by atoms with Gasteiger partial charge in [-0.1, -0.05) is 17.7 Å². The first kappa shape index (κ1) is 19.2. The van der Waals surface area contributed by atoms with Crippen LogP contribution in [0, 0.1) is 20.8 Å². The molecule has 0 saturated carbocycles. The van der Waals surface area contributed by atoms with Gasteiger partial charge in [-0.2, -0.15) is 0 Å². The van der Waals surface area contributed by atoms with Gasteiger partial charge in [-0.05, 0) is 57.0 Å². The third kappa shape index (κ3) is 4.06. The fourth-order valence-corrected chi connectivity index (χ4v) is 4.17. The van der Waals surface area contributed by atoms with Crippen LogP contribution in [-0.4, -0.2) is 29.5 Å². The largest absolute Gasteiger partial charge is 0.454 e. The first-order valence-corrected chi connectivity index (χ1v) is 9.54. The van der Waals surface area contributed by atoms with Gasteiger partial charge in [-0.25, -0.2) is 4.79 Å². The molecule has 0 radical (unpaired) electrons. The molecule has 0 saturated heterocycles. The van der Waals surface area contributed by atoms with Gasteiger partial charge in [0.2, 0.25) is 11.7 Å². The molecule has 1 N–H and O–H groups in total. The summed E-state index contributed by atoms with van der Waals surface area (Å²) in [7, 11) is 0. The Kier molecular flexibility index (Phi) is 5.37. The van der Waals surface area contributed by atoms with Crippen molar-refractivity contribution in [3.63, 3.8) is 0 Å². The summed E-state index contributed by atoms with van der Waals surface area (Å²) in [6.07, 6.45) is 0. The zero-order valence-electron chi connectivity index (χ0n) is 15.7. The molecule has 0 aliphatic carbocycles. The number of aryl methyl sites for hydroxylation is 3. The second kappa shape index (κ2) is 7.56. The predicted octanol–water partition coefficient (Wildman–Crippen LogP) is 4.08. The monoisotopic (exact) mass is 383 g/mol. The minimum Gasteiger partial charge on any atom is -0.454 e. The molecule has 2 aromatic rings. The van der Waals surface area contributed by atoms with Gasteiger partial charge >= 0.3 is 5.97 Å². The van der Waals surface area contributed by atoms with Crippen molar-refractivity contribution in [1.29, 1.82) is 0 Å². The number of benzene rings is 2. The van der Waals surface area contributed by atoms with E-state index in [2.05, 4.69) is 5.32 Å². The van der Waals surface area contributed by atoms with E-state index in [0.717, 1.165) is 21.6 Å². The number of ether oxygens (including phenoxy) is 1. The zero-order chi connectivity index (χ0) is 19.7. The first-order chi connectivity index (χ1) is 12.8.